The van der Waals surface area contributed by atoms with Gasteiger partial charge in [0, 0.05) is 25.9 Å². The first kappa shape index (κ1) is 16.7. The lowest BCUT2D eigenvalue weighted by molar-refractivity contribution is -0.144. The SMILES string of the molecule is CC(O)C(NC(=O)/C=C/c1ccc(N(C)C)cc1)C(=O)O. The Bertz CT molecular complexity index is 521. The van der Waals surface area contributed by atoms with Crippen molar-refractivity contribution in [2.24, 2.45) is 0 Å². The van der Waals surface area contributed by atoms with Crippen LogP contribution in [0.25, 0.3) is 6.08 Å². The topological polar surface area (TPSA) is 89.9 Å². The van der Waals surface area contributed by atoms with E-state index in [1.54, 1.807) is 6.08 Å². The molecule has 2 unspecified atom stereocenters. The third-order valence-corrected chi connectivity index (χ3v) is 2.88. The van der Waals surface area contributed by atoms with E-state index in [4.69, 9.17) is 5.11 Å². The highest BCUT2D eigenvalue weighted by molar-refractivity contribution is 5.94. The first-order valence-electron chi connectivity index (χ1n) is 6.48. The van der Waals surface area contributed by atoms with Crippen LogP contribution < -0.4 is 10.2 Å². The number of anilines is 1. The molecule has 0 aliphatic rings. The summed E-state index contributed by atoms with van der Waals surface area (Å²) in [4.78, 5) is 24.4. The third kappa shape index (κ3) is 5.27. The third-order valence-electron chi connectivity index (χ3n) is 2.88. The van der Waals surface area contributed by atoms with Crippen LogP contribution in [0.2, 0.25) is 0 Å². The molecule has 1 aromatic carbocycles. The number of rotatable bonds is 6. The molecule has 0 radical (unpaired) electrons. The van der Waals surface area contributed by atoms with Crippen molar-refractivity contribution in [2.75, 3.05) is 19.0 Å². The number of carboxylic acid groups (broad SMARTS) is 1. The van der Waals surface area contributed by atoms with Crippen molar-refractivity contribution in [2.45, 2.75) is 19.1 Å². The number of aliphatic hydroxyl groups excluding tert-OH is 1. The van der Waals surface area contributed by atoms with Crippen molar-refractivity contribution >= 4 is 23.6 Å². The molecule has 0 saturated carbocycles. The number of hydrogen-bond donors (Lipinski definition) is 3. The van der Waals surface area contributed by atoms with Crippen molar-refractivity contribution < 1.29 is 19.8 Å². The van der Waals surface area contributed by atoms with Gasteiger partial charge in [0.1, 0.15) is 0 Å². The summed E-state index contributed by atoms with van der Waals surface area (Å²) in [5.41, 5.74) is 1.86. The Hall–Kier alpha value is -2.34. The number of nitrogens with one attached hydrogen (secondary N) is 1. The molecule has 6 heteroatoms. The highest BCUT2D eigenvalue weighted by Gasteiger charge is 2.23. The summed E-state index contributed by atoms with van der Waals surface area (Å²) in [6.45, 7) is 1.31. The Labute approximate surface area is 123 Å². The van der Waals surface area contributed by atoms with Gasteiger partial charge < -0.3 is 20.4 Å². The van der Waals surface area contributed by atoms with E-state index in [2.05, 4.69) is 5.32 Å². The number of carbonyl (C=O) groups excluding carboxylic acids is 1. The molecule has 21 heavy (non-hydrogen) atoms. The lowest BCUT2D eigenvalue weighted by Gasteiger charge is -2.15. The molecule has 0 heterocycles. The maximum atomic E-state index is 11.6. The molecule has 114 valence electrons. The molecule has 0 bridgehead atoms. The fourth-order valence-electron chi connectivity index (χ4n) is 1.65. The van der Waals surface area contributed by atoms with Gasteiger partial charge in [-0.1, -0.05) is 12.1 Å². The average Bonchev–Trinajstić information content (AvgIpc) is 2.42. The molecule has 1 amide bonds. The summed E-state index contributed by atoms with van der Waals surface area (Å²) < 4.78 is 0. The Morgan fingerprint density at radius 2 is 1.81 bits per heavy atom. The van der Waals surface area contributed by atoms with Gasteiger partial charge in [0.25, 0.3) is 0 Å². The number of aliphatic carboxylic acids is 1. The molecule has 0 saturated heterocycles. The van der Waals surface area contributed by atoms with Crippen molar-refractivity contribution in [1.29, 1.82) is 0 Å². The molecular formula is C15H20N2O4. The van der Waals surface area contributed by atoms with Gasteiger partial charge in [0.15, 0.2) is 6.04 Å². The minimum absolute atomic E-state index is 0.569. The largest absolute Gasteiger partial charge is 0.480 e. The van der Waals surface area contributed by atoms with Crippen LogP contribution in [0.5, 0.6) is 0 Å². The molecule has 0 aliphatic heterocycles. The van der Waals surface area contributed by atoms with Crippen LogP contribution in [0, 0.1) is 0 Å². The first-order chi connectivity index (χ1) is 9.81. The molecule has 0 aromatic heterocycles. The molecule has 1 rings (SSSR count). The van der Waals surface area contributed by atoms with Crippen molar-refractivity contribution in [1.82, 2.24) is 5.32 Å². The second-order valence-electron chi connectivity index (χ2n) is 4.88. The van der Waals surface area contributed by atoms with Crippen LogP contribution in [-0.4, -0.2) is 48.3 Å². The quantitative estimate of drug-likeness (QED) is 0.672. The normalized spacial score (nSPS) is 13.7. The van der Waals surface area contributed by atoms with E-state index >= 15 is 0 Å². The van der Waals surface area contributed by atoms with Gasteiger partial charge in [0.05, 0.1) is 6.10 Å². The van der Waals surface area contributed by atoms with Gasteiger partial charge in [0.2, 0.25) is 5.91 Å². The van der Waals surface area contributed by atoms with Crippen LogP contribution in [0.4, 0.5) is 5.69 Å². The van der Waals surface area contributed by atoms with Crippen molar-refractivity contribution in [3.05, 3.63) is 35.9 Å². The van der Waals surface area contributed by atoms with E-state index in [-0.39, 0.29) is 0 Å². The summed E-state index contributed by atoms with van der Waals surface area (Å²) in [5, 5.41) is 20.4. The second kappa shape index (κ2) is 7.44. The van der Waals surface area contributed by atoms with Gasteiger partial charge >= 0.3 is 5.97 Å². The number of benzene rings is 1. The van der Waals surface area contributed by atoms with Crippen molar-refractivity contribution in [3.8, 4) is 0 Å². The predicted molar refractivity (Wildman–Crippen MR) is 81.1 cm³/mol. The molecular weight excluding hydrogens is 272 g/mol. The lowest BCUT2D eigenvalue weighted by atomic mass is 10.1. The second-order valence-corrected chi connectivity index (χ2v) is 4.88. The zero-order valence-electron chi connectivity index (χ0n) is 12.3. The highest BCUT2D eigenvalue weighted by atomic mass is 16.4. The molecule has 2 atom stereocenters. The highest BCUT2D eigenvalue weighted by Crippen LogP contribution is 2.13. The van der Waals surface area contributed by atoms with E-state index < -0.39 is 24.0 Å². The smallest absolute Gasteiger partial charge is 0.328 e. The number of aliphatic hydroxyl groups is 1. The maximum Gasteiger partial charge on any atom is 0.328 e. The molecule has 0 spiro atoms. The first-order valence-corrected chi connectivity index (χ1v) is 6.48. The monoisotopic (exact) mass is 292 g/mol. The van der Waals surface area contributed by atoms with E-state index in [0.29, 0.717) is 0 Å². The van der Waals surface area contributed by atoms with Crippen LogP contribution >= 0.6 is 0 Å². The van der Waals surface area contributed by atoms with E-state index in [9.17, 15) is 14.7 Å². The van der Waals surface area contributed by atoms with Crippen LogP contribution in [-0.2, 0) is 9.59 Å². The van der Waals surface area contributed by atoms with Gasteiger partial charge in [-0.2, -0.15) is 0 Å². The average molecular weight is 292 g/mol. The Morgan fingerprint density at radius 1 is 1.24 bits per heavy atom. The maximum absolute atomic E-state index is 11.6. The fourth-order valence-corrected chi connectivity index (χ4v) is 1.65. The minimum atomic E-state index is -1.32. The Balaban J connectivity index is 2.67. The molecule has 0 fully saturated rings. The zero-order chi connectivity index (χ0) is 16.0. The van der Waals surface area contributed by atoms with Crippen molar-refractivity contribution in [3.63, 3.8) is 0 Å². The zero-order valence-corrected chi connectivity index (χ0v) is 12.3. The van der Waals surface area contributed by atoms with Gasteiger partial charge in [-0.15, -0.1) is 0 Å². The van der Waals surface area contributed by atoms with Crippen LogP contribution in [0.15, 0.2) is 30.3 Å². The predicted octanol–water partition coefficient (Wildman–Crippen LogP) is 0.716. The van der Waals surface area contributed by atoms with E-state index in [1.807, 2.05) is 43.3 Å². The van der Waals surface area contributed by atoms with Gasteiger partial charge in [-0.05, 0) is 30.7 Å². The Kier molecular flexibility index (Phi) is 5.92. The Morgan fingerprint density at radius 3 is 2.24 bits per heavy atom. The summed E-state index contributed by atoms with van der Waals surface area (Å²) in [6.07, 6.45) is 1.65. The summed E-state index contributed by atoms with van der Waals surface area (Å²) in [7, 11) is 3.86. The summed E-state index contributed by atoms with van der Waals surface area (Å²) in [6, 6.07) is 6.20. The number of hydrogen-bond acceptors (Lipinski definition) is 4. The van der Waals surface area contributed by atoms with Crippen LogP contribution in [0.3, 0.4) is 0 Å². The molecule has 3 N–H and O–H groups in total. The van der Waals surface area contributed by atoms with E-state index in [1.165, 1.54) is 13.0 Å². The summed E-state index contributed by atoms with van der Waals surface area (Å²) >= 11 is 0. The standard InChI is InChI=1S/C15H20N2O4/c1-10(18)14(15(20)21)16-13(19)9-6-11-4-7-12(8-5-11)17(2)3/h4-10,14,18H,1-3H3,(H,16,19)(H,20,21)/b9-6+. The minimum Gasteiger partial charge on any atom is -0.480 e. The number of carboxylic acids is 1. The fraction of sp³-hybridized carbons (Fsp3) is 0.333. The number of nitrogens with zero attached hydrogens (tertiary/aromatic N) is 1. The molecule has 6 nitrogen and oxygen atoms in total. The van der Waals surface area contributed by atoms with Gasteiger partial charge in [-0.25, -0.2) is 4.79 Å². The lowest BCUT2D eigenvalue weighted by Crippen LogP contribution is -2.47. The number of amides is 1. The van der Waals surface area contributed by atoms with Gasteiger partial charge in [-0.3, -0.25) is 4.79 Å². The molecule has 0 aliphatic carbocycles. The molecule has 1 aromatic rings. The summed E-state index contributed by atoms with van der Waals surface area (Å²) in [5.74, 6) is -1.85. The van der Waals surface area contributed by atoms with Crippen LogP contribution in [0.1, 0.15) is 12.5 Å². The van der Waals surface area contributed by atoms with E-state index in [0.717, 1.165) is 11.3 Å². The number of carbonyl (C=O) groups is 2.